The van der Waals surface area contributed by atoms with Crippen molar-refractivity contribution in [1.29, 1.82) is 0 Å². The molecular formula is C11H15N3OSi. The van der Waals surface area contributed by atoms with Crippen molar-refractivity contribution in [2.75, 3.05) is 5.73 Å². The monoisotopic (exact) mass is 233 g/mol. The number of H-pyrrole nitrogens is 1. The summed E-state index contributed by atoms with van der Waals surface area (Å²) in [7, 11) is -1.40. The average Bonchev–Trinajstić information content (AvgIpc) is 2.15. The third kappa shape index (κ3) is 1.86. The summed E-state index contributed by atoms with van der Waals surface area (Å²) in [6.45, 7) is 6.73. The van der Waals surface area contributed by atoms with Crippen LogP contribution in [0.15, 0.2) is 23.0 Å². The van der Waals surface area contributed by atoms with E-state index >= 15 is 0 Å². The van der Waals surface area contributed by atoms with E-state index in [-0.39, 0.29) is 11.5 Å². The largest absolute Gasteiger partial charge is 0.369 e. The number of hydrogen-bond acceptors (Lipinski definition) is 3. The number of anilines is 1. The molecule has 1 heterocycles. The van der Waals surface area contributed by atoms with Gasteiger partial charge < -0.3 is 5.73 Å². The van der Waals surface area contributed by atoms with Crippen LogP contribution >= 0.6 is 0 Å². The first-order valence-corrected chi connectivity index (χ1v) is 8.68. The van der Waals surface area contributed by atoms with Crippen molar-refractivity contribution < 1.29 is 0 Å². The normalized spacial score (nSPS) is 11.9. The minimum atomic E-state index is -1.40. The van der Waals surface area contributed by atoms with Crippen LogP contribution in [0.25, 0.3) is 10.9 Å². The maximum absolute atomic E-state index is 11.7. The fourth-order valence-electron chi connectivity index (χ4n) is 1.62. The molecule has 2 aromatic rings. The SMILES string of the molecule is C[Si](C)(C)c1ccc2nc(N)[nH]c(=O)c2c1. The molecule has 84 valence electrons. The van der Waals surface area contributed by atoms with E-state index in [2.05, 4.69) is 29.6 Å². The van der Waals surface area contributed by atoms with E-state index in [1.807, 2.05) is 18.2 Å². The standard InChI is InChI=1S/C11H15N3OSi/c1-16(2,3)7-4-5-9-8(6-7)10(15)14-11(12)13-9/h4-6H,1-3H3,(H3,12,13,14,15). The molecule has 0 aliphatic rings. The quantitative estimate of drug-likeness (QED) is 0.723. The number of nitrogen functional groups attached to an aromatic ring is 1. The highest BCUT2D eigenvalue weighted by molar-refractivity contribution is 6.88. The van der Waals surface area contributed by atoms with Crippen molar-refractivity contribution in [3.05, 3.63) is 28.6 Å². The van der Waals surface area contributed by atoms with Crippen molar-refractivity contribution in [1.82, 2.24) is 9.97 Å². The highest BCUT2D eigenvalue weighted by Crippen LogP contribution is 2.09. The molecule has 5 heteroatoms. The first kappa shape index (κ1) is 10.9. The number of aromatic amines is 1. The Morgan fingerprint density at radius 2 is 2.00 bits per heavy atom. The molecule has 0 atom stereocenters. The zero-order valence-corrected chi connectivity index (χ0v) is 10.7. The van der Waals surface area contributed by atoms with Crippen molar-refractivity contribution in [2.24, 2.45) is 0 Å². The first-order chi connectivity index (χ1) is 7.38. The lowest BCUT2D eigenvalue weighted by atomic mass is 10.2. The highest BCUT2D eigenvalue weighted by Gasteiger charge is 2.17. The van der Waals surface area contributed by atoms with Gasteiger partial charge in [0.1, 0.15) is 0 Å². The van der Waals surface area contributed by atoms with E-state index in [0.717, 1.165) is 0 Å². The third-order valence-corrected chi connectivity index (χ3v) is 4.63. The topological polar surface area (TPSA) is 71.8 Å². The van der Waals surface area contributed by atoms with Gasteiger partial charge in [-0.1, -0.05) is 30.9 Å². The van der Waals surface area contributed by atoms with Gasteiger partial charge in [-0.15, -0.1) is 0 Å². The van der Waals surface area contributed by atoms with Gasteiger partial charge in [-0.3, -0.25) is 9.78 Å². The van der Waals surface area contributed by atoms with Gasteiger partial charge in [0.2, 0.25) is 5.95 Å². The van der Waals surface area contributed by atoms with E-state index in [1.54, 1.807) is 0 Å². The van der Waals surface area contributed by atoms with Crippen molar-refractivity contribution in [3.63, 3.8) is 0 Å². The molecule has 16 heavy (non-hydrogen) atoms. The fourth-order valence-corrected chi connectivity index (χ4v) is 2.78. The Bertz CT molecular complexity index is 598. The third-order valence-electron chi connectivity index (χ3n) is 2.59. The number of nitrogens with two attached hydrogens (primary N) is 1. The molecule has 0 saturated heterocycles. The molecular weight excluding hydrogens is 218 g/mol. The molecule has 0 saturated carbocycles. The average molecular weight is 233 g/mol. The van der Waals surface area contributed by atoms with E-state index in [1.165, 1.54) is 5.19 Å². The summed E-state index contributed by atoms with van der Waals surface area (Å²) in [4.78, 5) is 18.3. The predicted molar refractivity (Wildman–Crippen MR) is 69.8 cm³/mol. The molecule has 0 radical (unpaired) electrons. The van der Waals surface area contributed by atoms with Crippen molar-refractivity contribution >= 4 is 30.1 Å². The molecule has 1 aromatic carbocycles. The van der Waals surface area contributed by atoms with Crippen LogP contribution in [0.5, 0.6) is 0 Å². The Kier molecular flexibility index (Phi) is 2.34. The lowest BCUT2D eigenvalue weighted by molar-refractivity contribution is 1.19. The number of rotatable bonds is 1. The van der Waals surface area contributed by atoms with Gasteiger partial charge in [0.25, 0.3) is 5.56 Å². The molecule has 0 aliphatic carbocycles. The second kappa shape index (κ2) is 3.45. The van der Waals surface area contributed by atoms with Crippen LogP contribution in [0, 0.1) is 0 Å². The van der Waals surface area contributed by atoms with E-state index in [9.17, 15) is 4.79 Å². The molecule has 0 amide bonds. The Labute approximate surface area is 94.5 Å². The number of hydrogen-bond donors (Lipinski definition) is 2. The molecule has 0 spiro atoms. The maximum atomic E-state index is 11.7. The number of nitrogens with one attached hydrogen (secondary N) is 1. The minimum Gasteiger partial charge on any atom is -0.369 e. The van der Waals surface area contributed by atoms with Gasteiger partial charge in [-0.25, -0.2) is 4.98 Å². The summed E-state index contributed by atoms with van der Waals surface area (Å²) in [5.41, 5.74) is 5.98. The van der Waals surface area contributed by atoms with Crippen LogP contribution < -0.4 is 16.5 Å². The van der Waals surface area contributed by atoms with Crippen LogP contribution in [-0.4, -0.2) is 18.0 Å². The van der Waals surface area contributed by atoms with Crippen LogP contribution in [-0.2, 0) is 0 Å². The molecule has 0 bridgehead atoms. The summed E-state index contributed by atoms with van der Waals surface area (Å²) in [5.74, 6) is 0.165. The zero-order chi connectivity index (χ0) is 11.9. The van der Waals surface area contributed by atoms with E-state index in [0.29, 0.717) is 10.9 Å². The van der Waals surface area contributed by atoms with Gasteiger partial charge in [0.05, 0.1) is 19.0 Å². The fraction of sp³-hybridized carbons (Fsp3) is 0.273. The van der Waals surface area contributed by atoms with Crippen molar-refractivity contribution in [3.8, 4) is 0 Å². The van der Waals surface area contributed by atoms with Crippen LogP contribution in [0.4, 0.5) is 5.95 Å². The lowest BCUT2D eigenvalue weighted by Gasteiger charge is -2.16. The number of nitrogens with zero attached hydrogens (tertiary/aromatic N) is 1. The molecule has 0 unspecified atom stereocenters. The molecule has 1 aromatic heterocycles. The summed E-state index contributed by atoms with van der Waals surface area (Å²) in [6.07, 6.45) is 0. The van der Waals surface area contributed by atoms with E-state index in [4.69, 9.17) is 5.73 Å². The zero-order valence-electron chi connectivity index (χ0n) is 9.66. The second-order valence-electron chi connectivity index (χ2n) is 4.93. The predicted octanol–water partition coefficient (Wildman–Crippen LogP) is 1.05. The van der Waals surface area contributed by atoms with Gasteiger partial charge in [0.15, 0.2) is 0 Å². The first-order valence-electron chi connectivity index (χ1n) is 5.18. The maximum Gasteiger partial charge on any atom is 0.260 e. The molecule has 3 N–H and O–H groups in total. The van der Waals surface area contributed by atoms with Gasteiger partial charge in [-0.2, -0.15) is 0 Å². The Hall–Kier alpha value is -1.62. The molecule has 0 aliphatic heterocycles. The Balaban J connectivity index is 2.77. The van der Waals surface area contributed by atoms with Crippen LogP contribution in [0.3, 0.4) is 0 Å². The van der Waals surface area contributed by atoms with Crippen molar-refractivity contribution in [2.45, 2.75) is 19.6 Å². The van der Waals surface area contributed by atoms with Gasteiger partial charge in [-0.05, 0) is 12.1 Å². The smallest absolute Gasteiger partial charge is 0.260 e. The van der Waals surface area contributed by atoms with Gasteiger partial charge in [0, 0.05) is 0 Å². The lowest BCUT2D eigenvalue weighted by Crippen LogP contribution is -2.37. The number of aromatic nitrogens is 2. The number of fused-ring (bicyclic) bond motifs is 1. The minimum absolute atomic E-state index is 0.164. The summed E-state index contributed by atoms with van der Waals surface area (Å²) in [6, 6.07) is 5.85. The summed E-state index contributed by atoms with van der Waals surface area (Å²) < 4.78 is 0. The molecule has 2 rings (SSSR count). The summed E-state index contributed by atoms with van der Waals surface area (Å²) in [5, 5.41) is 1.87. The number of benzene rings is 1. The Morgan fingerprint density at radius 3 is 2.62 bits per heavy atom. The summed E-state index contributed by atoms with van der Waals surface area (Å²) >= 11 is 0. The van der Waals surface area contributed by atoms with E-state index < -0.39 is 8.07 Å². The van der Waals surface area contributed by atoms with Crippen LogP contribution in [0.2, 0.25) is 19.6 Å². The Morgan fingerprint density at radius 1 is 1.31 bits per heavy atom. The van der Waals surface area contributed by atoms with Gasteiger partial charge >= 0.3 is 0 Å². The molecule has 4 nitrogen and oxygen atoms in total. The highest BCUT2D eigenvalue weighted by atomic mass is 28.3. The second-order valence-corrected chi connectivity index (χ2v) is 10.0. The molecule has 0 fully saturated rings. The van der Waals surface area contributed by atoms with Crippen LogP contribution in [0.1, 0.15) is 0 Å².